The summed E-state index contributed by atoms with van der Waals surface area (Å²) < 4.78 is 6.62. The van der Waals surface area contributed by atoms with Crippen LogP contribution in [0.15, 0.2) is 58.5 Å². The molecule has 31 heavy (non-hydrogen) atoms. The zero-order valence-corrected chi connectivity index (χ0v) is 18.3. The summed E-state index contributed by atoms with van der Waals surface area (Å²) in [6.07, 6.45) is 0. The Morgan fingerprint density at radius 3 is 2.71 bits per heavy atom. The van der Waals surface area contributed by atoms with Gasteiger partial charge in [-0.05, 0) is 55.0 Å². The number of hydrogen-bond acceptors (Lipinski definition) is 6. The summed E-state index contributed by atoms with van der Waals surface area (Å²) in [4.78, 5) is 24.6. The van der Waals surface area contributed by atoms with Gasteiger partial charge in [0.25, 0.3) is 5.56 Å². The summed E-state index contributed by atoms with van der Waals surface area (Å²) >= 11 is 7.26. The molecule has 0 aliphatic heterocycles. The molecule has 4 aromatic rings. The molecule has 1 amide bonds. The average Bonchev–Trinajstić information content (AvgIpc) is 3.22. The van der Waals surface area contributed by atoms with Gasteiger partial charge in [-0.3, -0.25) is 9.59 Å². The third-order valence-electron chi connectivity index (χ3n) is 4.55. The van der Waals surface area contributed by atoms with E-state index in [1.165, 1.54) is 4.52 Å². The van der Waals surface area contributed by atoms with Crippen molar-refractivity contribution in [2.45, 2.75) is 12.1 Å². The molecule has 158 valence electrons. The van der Waals surface area contributed by atoms with Gasteiger partial charge in [-0.1, -0.05) is 29.4 Å². The summed E-state index contributed by atoms with van der Waals surface area (Å²) in [6.45, 7) is 1.89. The molecular formula is C21H18ClN5O3S. The van der Waals surface area contributed by atoms with Crippen LogP contribution in [0, 0.1) is 6.92 Å². The van der Waals surface area contributed by atoms with Crippen LogP contribution in [0.2, 0.25) is 5.02 Å². The quantitative estimate of drug-likeness (QED) is 0.429. The number of H-pyrrole nitrogens is 1. The Kier molecular flexibility index (Phi) is 5.97. The molecule has 0 saturated heterocycles. The van der Waals surface area contributed by atoms with Gasteiger partial charge in [-0.15, -0.1) is 5.10 Å². The normalized spacial score (nSPS) is 10.9. The molecular weight excluding hydrogens is 438 g/mol. The van der Waals surface area contributed by atoms with Crippen molar-refractivity contribution in [2.75, 3.05) is 18.2 Å². The van der Waals surface area contributed by atoms with Crippen LogP contribution >= 0.6 is 23.4 Å². The summed E-state index contributed by atoms with van der Waals surface area (Å²) in [7, 11) is 1.60. The highest BCUT2D eigenvalue weighted by Gasteiger charge is 2.14. The number of aromatic nitrogens is 4. The molecule has 8 nitrogen and oxygen atoms in total. The molecule has 10 heteroatoms. The number of nitrogens with one attached hydrogen (secondary N) is 2. The number of ether oxygens (including phenoxy) is 1. The number of halogens is 1. The number of fused-ring (bicyclic) bond motifs is 1. The number of amides is 1. The second-order valence-corrected chi connectivity index (χ2v) is 8.04. The van der Waals surface area contributed by atoms with Gasteiger partial charge in [0.2, 0.25) is 11.1 Å². The van der Waals surface area contributed by atoms with Crippen LogP contribution in [0.4, 0.5) is 5.69 Å². The first-order chi connectivity index (χ1) is 14.9. The van der Waals surface area contributed by atoms with Gasteiger partial charge in [0.1, 0.15) is 11.3 Å². The lowest BCUT2D eigenvalue weighted by Crippen LogP contribution is -2.17. The summed E-state index contributed by atoms with van der Waals surface area (Å²) in [6, 6.07) is 14.4. The van der Waals surface area contributed by atoms with Gasteiger partial charge >= 0.3 is 0 Å². The predicted octanol–water partition coefficient (Wildman–Crippen LogP) is 3.79. The average molecular weight is 456 g/mol. The fraction of sp³-hybridized carbons (Fsp3) is 0.143. The first-order valence-electron chi connectivity index (χ1n) is 9.26. The molecule has 4 rings (SSSR count). The van der Waals surface area contributed by atoms with Crippen LogP contribution in [0.25, 0.3) is 16.8 Å². The Balaban J connectivity index is 1.54. The van der Waals surface area contributed by atoms with Crippen molar-refractivity contribution in [1.29, 1.82) is 0 Å². The van der Waals surface area contributed by atoms with E-state index in [1.807, 2.05) is 37.3 Å². The Labute approximate surface area is 186 Å². The van der Waals surface area contributed by atoms with Crippen molar-refractivity contribution < 1.29 is 9.53 Å². The van der Waals surface area contributed by atoms with E-state index < -0.39 is 0 Å². The minimum atomic E-state index is -0.365. The maximum Gasteiger partial charge on any atom is 0.290 e. The monoisotopic (exact) mass is 455 g/mol. The predicted molar refractivity (Wildman–Crippen MR) is 121 cm³/mol. The number of benzene rings is 2. The minimum absolute atomic E-state index is 0.0807. The second-order valence-electron chi connectivity index (χ2n) is 6.69. The van der Waals surface area contributed by atoms with E-state index in [2.05, 4.69) is 20.6 Å². The number of rotatable bonds is 6. The fourth-order valence-electron chi connectivity index (χ4n) is 2.89. The van der Waals surface area contributed by atoms with Crippen LogP contribution in [0.5, 0.6) is 5.75 Å². The summed E-state index contributed by atoms with van der Waals surface area (Å²) in [5.41, 5.74) is 2.96. The maximum atomic E-state index is 12.4. The SMILES string of the molecule is COc1ccc(-c2cc3c(=O)[nH]nc(SCC(=O)Nc4ccc(C)c(Cl)c4)n3n2)cc1. The smallest absolute Gasteiger partial charge is 0.290 e. The number of carbonyl (C=O) groups is 1. The van der Waals surface area contributed by atoms with Gasteiger partial charge in [0.15, 0.2) is 0 Å². The highest BCUT2D eigenvalue weighted by Crippen LogP contribution is 2.24. The summed E-state index contributed by atoms with van der Waals surface area (Å²) in [5, 5.41) is 14.8. The summed E-state index contributed by atoms with van der Waals surface area (Å²) in [5.74, 6) is 0.579. The molecule has 0 unspecified atom stereocenters. The number of nitrogens with zero attached hydrogens (tertiary/aromatic N) is 3. The molecule has 0 atom stereocenters. The molecule has 2 aromatic carbocycles. The lowest BCUT2D eigenvalue weighted by molar-refractivity contribution is -0.113. The first kappa shape index (κ1) is 21.0. The zero-order chi connectivity index (χ0) is 22.0. The van der Waals surface area contributed by atoms with Crippen molar-refractivity contribution in [3.63, 3.8) is 0 Å². The number of carbonyl (C=O) groups excluding carboxylic acids is 1. The van der Waals surface area contributed by atoms with Gasteiger partial charge in [-0.25, -0.2) is 9.61 Å². The Morgan fingerprint density at radius 2 is 2.00 bits per heavy atom. The number of methoxy groups -OCH3 is 1. The van der Waals surface area contributed by atoms with Crippen molar-refractivity contribution >= 4 is 40.5 Å². The van der Waals surface area contributed by atoms with E-state index >= 15 is 0 Å². The van der Waals surface area contributed by atoms with Crippen molar-refractivity contribution in [3.8, 4) is 17.0 Å². The fourth-order valence-corrected chi connectivity index (χ4v) is 3.77. The molecule has 0 spiro atoms. The van der Waals surface area contributed by atoms with Crippen LogP contribution in [0.3, 0.4) is 0 Å². The van der Waals surface area contributed by atoms with E-state index in [0.717, 1.165) is 28.6 Å². The van der Waals surface area contributed by atoms with Gasteiger partial charge in [0, 0.05) is 16.3 Å². The van der Waals surface area contributed by atoms with Crippen molar-refractivity contribution in [2.24, 2.45) is 0 Å². The number of hydrogen-bond donors (Lipinski definition) is 2. The van der Waals surface area contributed by atoms with Crippen LogP contribution in [-0.2, 0) is 4.79 Å². The topological polar surface area (TPSA) is 101 Å². The molecule has 2 aromatic heterocycles. The lowest BCUT2D eigenvalue weighted by atomic mass is 10.1. The number of aryl methyl sites for hydroxylation is 1. The Morgan fingerprint density at radius 1 is 1.23 bits per heavy atom. The standard InChI is InChI=1S/C21H18ClN5O3S/c1-12-3-6-14(9-16(12)22)23-19(28)11-31-21-25-24-20(29)18-10-17(26-27(18)21)13-4-7-15(30-2)8-5-13/h3-10H,11H2,1-2H3,(H,23,28)(H,24,29). The van der Waals surface area contributed by atoms with Gasteiger partial charge in [0.05, 0.1) is 18.6 Å². The molecule has 2 N–H and O–H groups in total. The van der Waals surface area contributed by atoms with E-state index in [0.29, 0.717) is 27.1 Å². The first-order valence-corrected chi connectivity index (χ1v) is 10.6. The molecule has 0 aliphatic rings. The maximum absolute atomic E-state index is 12.4. The van der Waals surface area contributed by atoms with Crippen LogP contribution in [-0.4, -0.2) is 38.6 Å². The van der Waals surface area contributed by atoms with E-state index in [4.69, 9.17) is 16.3 Å². The lowest BCUT2D eigenvalue weighted by Gasteiger charge is -2.07. The largest absolute Gasteiger partial charge is 0.497 e. The molecule has 0 bridgehead atoms. The minimum Gasteiger partial charge on any atom is -0.497 e. The highest BCUT2D eigenvalue weighted by atomic mass is 35.5. The molecule has 0 radical (unpaired) electrons. The van der Waals surface area contributed by atoms with Crippen LogP contribution in [0.1, 0.15) is 5.56 Å². The third-order valence-corrected chi connectivity index (χ3v) is 5.89. The van der Waals surface area contributed by atoms with Crippen LogP contribution < -0.4 is 15.6 Å². The number of anilines is 1. The van der Waals surface area contributed by atoms with E-state index in [-0.39, 0.29) is 17.2 Å². The molecule has 0 fully saturated rings. The van der Waals surface area contributed by atoms with Crippen molar-refractivity contribution in [1.82, 2.24) is 19.8 Å². The van der Waals surface area contributed by atoms with E-state index in [1.54, 1.807) is 25.3 Å². The number of thioether (sulfide) groups is 1. The molecule has 0 aliphatic carbocycles. The zero-order valence-electron chi connectivity index (χ0n) is 16.7. The molecule has 0 saturated carbocycles. The van der Waals surface area contributed by atoms with Crippen molar-refractivity contribution in [3.05, 3.63) is 69.5 Å². The third kappa shape index (κ3) is 4.57. The van der Waals surface area contributed by atoms with Gasteiger partial charge < -0.3 is 10.1 Å². The van der Waals surface area contributed by atoms with Gasteiger partial charge in [-0.2, -0.15) is 5.10 Å². The number of aromatic amines is 1. The molecule has 2 heterocycles. The van der Waals surface area contributed by atoms with E-state index in [9.17, 15) is 9.59 Å². The second kappa shape index (κ2) is 8.83. The Bertz CT molecular complexity index is 1320. The Hall–Kier alpha value is -3.30. The highest BCUT2D eigenvalue weighted by molar-refractivity contribution is 7.99.